The highest BCUT2D eigenvalue weighted by Gasteiger charge is 2.28. The molecule has 0 radical (unpaired) electrons. The van der Waals surface area contributed by atoms with Gasteiger partial charge in [0.2, 0.25) is 0 Å². The van der Waals surface area contributed by atoms with E-state index in [0.29, 0.717) is 0 Å². The molecule has 2 heterocycles. The normalized spacial score (nSPS) is 12.6. The van der Waals surface area contributed by atoms with Crippen molar-refractivity contribution in [2.45, 2.75) is 105 Å². The predicted molar refractivity (Wildman–Crippen MR) is 236 cm³/mol. The summed E-state index contributed by atoms with van der Waals surface area (Å²) in [5, 5.41) is 2.12. The molecule has 0 bridgehead atoms. The zero-order valence-electron chi connectivity index (χ0n) is 35.3. The molecule has 4 heteroatoms. The van der Waals surface area contributed by atoms with Crippen molar-refractivity contribution in [2.75, 3.05) is 0 Å². The minimum absolute atomic E-state index is 0.0592. The van der Waals surface area contributed by atoms with Crippen LogP contribution in [0.15, 0.2) is 122 Å². The van der Waals surface area contributed by atoms with Crippen LogP contribution in [0.5, 0.6) is 23.0 Å². The smallest absolute Gasteiger partial charge is 0.134 e. The van der Waals surface area contributed by atoms with E-state index in [1.807, 2.05) is 12.4 Å². The van der Waals surface area contributed by atoms with Crippen LogP contribution in [0.4, 0.5) is 0 Å². The van der Waals surface area contributed by atoms with Crippen molar-refractivity contribution in [3.8, 4) is 45.3 Å². The quantitative estimate of drug-likeness (QED) is 0.159. The summed E-state index contributed by atoms with van der Waals surface area (Å²) in [6.07, 6.45) is 3.77. The van der Waals surface area contributed by atoms with Crippen LogP contribution >= 0.6 is 0 Å². The maximum Gasteiger partial charge on any atom is 0.134 e. The number of fused-ring (bicyclic) bond motifs is 3. The first-order valence-electron chi connectivity index (χ1n) is 19.8. The van der Waals surface area contributed by atoms with E-state index in [1.54, 1.807) is 0 Å². The Balaban J connectivity index is 1.20. The molecule has 0 saturated carbocycles. The number of nitrogens with zero attached hydrogens (tertiary/aromatic N) is 2. The van der Waals surface area contributed by atoms with Crippen LogP contribution in [-0.2, 0) is 21.7 Å². The third-order valence-corrected chi connectivity index (χ3v) is 10.7. The molecule has 0 amide bonds. The summed E-state index contributed by atoms with van der Waals surface area (Å²) in [7, 11) is 0. The van der Waals surface area contributed by atoms with Crippen LogP contribution in [0.1, 0.15) is 105 Å². The van der Waals surface area contributed by atoms with Crippen LogP contribution in [0, 0.1) is 0 Å². The zero-order valence-corrected chi connectivity index (χ0v) is 35.3. The summed E-state index contributed by atoms with van der Waals surface area (Å²) >= 11 is 0. The van der Waals surface area contributed by atoms with Gasteiger partial charge >= 0.3 is 0 Å². The van der Waals surface area contributed by atoms with Gasteiger partial charge in [-0.05, 0) is 80.3 Å². The topological polar surface area (TPSA) is 44.2 Å². The van der Waals surface area contributed by atoms with Crippen molar-refractivity contribution in [1.82, 2.24) is 9.97 Å². The zero-order chi connectivity index (χ0) is 40.2. The van der Waals surface area contributed by atoms with Gasteiger partial charge in [-0.2, -0.15) is 0 Å². The molecular formula is C52H56N2O2. The number of hydrogen-bond acceptors (Lipinski definition) is 4. The van der Waals surface area contributed by atoms with E-state index in [1.165, 1.54) is 22.3 Å². The van der Waals surface area contributed by atoms with Gasteiger partial charge in [-0.1, -0.05) is 156 Å². The van der Waals surface area contributed by atoms with E-state index >= 15 is 0 Å². The Hall–Kier alpha value is -5.48. The Labute approximate surface area is 334 Å². The molecule has 0 aliphatic heterocycles. The third-order valence-electron chi connectivity index (χ3n) is 10.7. The van der Waals surface area contributed by atoms with Gasteiger partial charge in [0.15, 0.2) is 0 Å². The number of ether oxygens (including phenoxy) is 2. The molecule has 7 rings (SSSR count). The standard InChI is InChI=1S/C52H56N2O2/c1-49(2,3)41-15-13-16-42(50(4,5)6)47(41)55-35-23-19-33(20-24-35)37-29-31-53-45-39(37)27-28-40-38(30-32-54-46(40)45)34-21-25-36(26-22-34)56-48-43(51(7,8)9)17-14-18-44(48)52(10,11)12/h13-32H,1-12H3. The van der Waals surface area contributed by atoms with E-state index in [-0.39, 0.29) is 21.7 Å². The summed E-state index contributed by atoms with van der Waals surface area (Å²) in [6.45, 7) is 26.9. The molecule has 0 saturated heterocycles. The Morgan fingerprint density at radius 1 is 0.357 bits per heavy atom. The van der Waals surface area contributed by atoms with Gasteiger partial charge < -0.3 is 9.47 Å². The largest absolute Gasteiger partial charge is 0.457 e. The molecular weight excluding hydrogens is 685 g/mol. The highest BCUT2D eigenvalue weighted by atomic mass is 16.5. The van der Waals surface area contributed by atoms with Crippen molar-refractivity contribution in [3.05, 3.63) is 144 Å². The first kappa shape index (κ1) is 38.8. The maximum atomic E-state index is 6.73. The number of rotatable bonds is 6. The number of aromatic nitrogens is 2. The van der Waals surface area contributed by atoms with Gasteiger partial charge in [0.05, 0.1) is 11.0 Å². The monoisotopic (exact) mass is 740 g/mol. The molecule has 286 valence electrons. The van der Waals surface area contributed by atoms with Crippen molar-refractivity contribution < 1.29 is 9.47 Å². The number of para-hydroxylation sites is 2. The van der Waals surface area contributed by atoms with Crippen LogP contribution in [0.2, 0.25) is 0 Å². The summed E-state index contributed by atoms with van der Waals surface area (Å²) in [5.41, 5.74) is 10.7. The molecule has 7 aromatic rings. The molecule has 56 heavy (non-hydrogen) atoms. The molecule has 0 unspecified atom stereocenters. The molecule has 0 N–H and O–H groups in total. The lowest BCUT2D eigenvalue weighted by Gasteiger charge is -2.29. The van der Waals surface area contributed by atoms with Crippen molar-refractivity contribution in [1.29, 1.82) is 0 Å². The average Bonchev–Trinajstić information content (AvgIpc) is 3.13. The fourth-order valence-corrected chi connectivity index (χ4v) is 7.63. The average molecular weight is 741 g/mol. The SMILES string of the molecule is CC(C)(C)c1cccc(C(C)(C)C)c1Oc1ccc(-c2ccnc3c2ccc2c(-c4ccc(Oc5c(C(C)(C)C)cccc5C(C)(C)C)cc4)ccnc23)cc1. The Morgan fingerprint density at radius 2 is 0.661 bits per heavy atom. The van der Waals surface area contributed by atoms with E-state index in [9.17, 15) is 0 Å². The van der Waals surface area contributed by atoms with Gasteiger partial charge in [0.1, 0.15) is 23.0 Å². The van der Waals surface area contributed by atoms with Gasteiger partial charge in [0.25, 0.3) is 0 Å². The van der Waals surface area contributed by atoms with E-state index in [2.05, 4.69) is 192 Å². The number of pyridine rings is 2. The van der Waals surface area contributed by atoms with Crippen molar-refractivity contribution >= 4 is 21.8 Å². The number of hydrogen-bond donors (Lipinski definition) is 0. The van der Waals surface area contributed by atoms with Crippen LogP contribution in [0.25, 0.3) is 44.1 Å². The fourth-order valence-electron chi connectivity index (χ4n) is 7.63. The van der Waals surface area contributed by atoms with Crippen LogP contribution < -0.4 is 9.47 Å². The fraction of sp³-hybridized carbons (Fsp3) is 0.308. The van der Waals surface area contributed by atoms with E-state index < -0.39 is 0 Å². The van der Waals surface area contributed by atoms with Gasteiger partial charge in [-0.25, -0.2) is 0 Å². The summed E-state index contributed by atoms with van der Waals surface area (Å²) in [6, 6.07) is 38.4. The van der Waals surface area contributed by atoms with Gasteiger partial charge in [-0.15, -0.1) is 0 Å². The molecule has 0 spiro atoms. The lowest BCUT2D eigenvalue weighted by Crippen LogP contribution is -2.18. The maximum absolute atomic E-state index is 6.73. The molecule has 5 aromatic carbocycles. The second-order valence-corrected chi connectivity index (χ2v) is 19.2. The Bertz CT molecular complexity index is 2290. The Kier molecular flexibility index (Phi) is 9.85. The van der Waals surface area contributed by atoms with E-state index in [4.69, 9.17) is 19.4 Å². The lowest BCUT2D eigenvalue weighted by molar-refractivity contribution is 0.432. The second kappa shape index (κ2) is 14.2. The van der Waals surface area contributed by atoms with Gasteiger partial charge in [0, 0.05) is 45.4 Å². The summed E-state index contributed by atoms with van der Waals surface area (Å²) in [4.78, 5) is 9.76. The summed E-state index contributed by atoms with van der Waals surface area (Å²) < 4.78 is 13.5. The van der Waals surface area contributed by atoms with Crippen molar-refractivity contribution in [3.63, 3.8) is 0 Å². The lowest BCUT2D eigenvalue weighted by atomic mass is 9.79. The summed E-state index contributed by atoms with van der Waals surface area (Å²) in [5.74, 6) is 3.53. The molecule has 2 aromatic heterocycles. The first-order valence-corrected chi connectivity index (χ1v) is 19.8. The van der Waals surface area contributed by atoms with E-state index in [0.717, 1.165) is 67.1 Å². The van der Waals surface area contributed by atoms with Crippen LogP contribution in [-0.4, -0.2) is 9.97 Å². The molecule has 0 fully saturated rings. The van der Waals surface area contributed by atoms with Gasteiger partial charge in [-0.3, -0.25) is 9.97 Å². The predicted octanol–water partition coefficient (Wildman–Crippen LogP) is 14.9. The second-order valence-electron chi connectivity index (χ2n) is 19.2. The third kappa shape index (κ3) is 7.67. The first-order chi connectivity index (χ1) is 26.3. The minimum Gasteiger partial charge on any atom is -0.457 e. The van der Waals surface area contributed by atoms with Crippen LogP contribution in [0.3, 0.4) is 0 Å². The Morgan fingerprint density at radius 3 is 0.946 bits per heavy atom. The molecule has 0 atom stereocenters. The minimum atomic E-state index is -0.0592. The molecule has 4 nitrogen and oxygen atoms in total. The highest BCUT2D eigenvalue weighted by molar-refractivity contribution is 6.11. The molecule has 0 aliphatic carbocycles. The molecule has 0 aliphatic rings. The van der Waals surface area contributed by atoms with Crippen molar-refractivity contribution in [2.24, 2.45) is 0 Å². The number of benzene rings is 5. The highest BCUT2D eigenvalue weighted by Crippen LogP contribution is 2.44.